The molecule has 2 aromatic rings. The first-order valence-electron chi connectivity index (χ1n) is 8.81. The van der Waals surface area contributed by atoms with E-state index in [9.17, 15) is 4.79 Å². The number of ether oxygens (including phenoxy) is 1. The molecule has 132 valence electrons. The number of likely N-dealkylation sites (tertiary alicyclic amines) is 1. The Morgan fingerprint density at radius 2 is 1.92 bits per heavy atom. The average molecular weight is 356 g/mol. The first-order valence-corrected chi connectivity index (χ1v) is 9.69. The third-order valence-corrected chi connectivity index (χ3v) is 5.09. The molecule has 1 aliphatic rings. The third-order valence-electron chi connectivity index (χ3n) is 4.27. The van der Waals surface area contributed by atoms with Crippen LogP contribution in [0.1, 0.15) is 41.9 Å². The van der Waals surface area contributed by atoms with Crippen LogP contribution in [0.2, 0.25) is 0 Å². The molecule has 4 nitrogen and oxygen atoms in total. The first kappa shape index (κ1) is 17.7. The van der Waals surface area contributed by atoms with E-state index in [2.05, 4.69) is 4.98 Å². The molecule has 0 N–H and O–H groups in total. The van der Waals surface area contributed by atoms with Crippen LogP contribution in [-0.2, 0) is 11.4 Å². The van der Waals surface area contributed by atoms with Crippen molar-refractivity contribution in [3.63, 3.8) is 0 Å². The van der Waals surface area contributed by atoms with Gasteiger partial charge in [0.15, 0.2) is 0 Å². The van der Waals surface area contributed by atoms with Gasteiger partial charge in [0, 0.05) is 24.5 Å². The maximum absolute atomic E-state index is 12.3. The van der Waals surface area contributed by atoms with Crippen molar-refractivity contribution in [2.75, 3.05) is 13.1 Å². The Balaban J connectivity index is 1.52. The SMILES string of the molecule is Cc1nc(COc2ccc(/C=C/C(=O)N3CCCCCC3)cc2)cs1. The summed E-state index contributed by atoms with van der Waals surface area (Å²) in [6.45, 7) is 4.23. The number of benzene rings is 1. The number of aryl methyl sites for hydroxylation is 1. The highest BCUT2D eigenvalue weighted by molar-refractivity contribution is 7.09. The first-order chi connectivity index (χ1) is 12.2. The fourth-order valence-corrected chi connectivity index (χ4v) is 3.47. The minimum Gasteiger partial charge on any atom is -0.487 e. The van der Waals surface area contributed by atoms with Gasteiger partial charge in [-0.3, -0.25) is 4.79 Å². The maximum atomic E-state index is 12.3. The van der Waals surface area contributed by atoms with Gasteiger partial charge in [0.2, 0.25) is 5.91 Å². The van der Waals surface area contributed by atoms with E-state index < -0.39 is 0 Å². The van der Waals surface area contributed by atoms with Crippen LogP contribution >= 0.6 is 11.3 Å². The molecule has 1 fully saturated rings. The average Bonchev–Trinajstić information content (AvgIpc) is 2.87. The minimum atomic E-state index is 0.112. The number of aromatic nitrogens is 1. The topological polar surface area (TPSA) is 42.4 Å². The molecule has 0 bridgehead atoms. The second-order valence-corrected chi connectivity index (χ2v) is 7.35. The number of thiazole rings is 1. The van der Waals surface area contributed by atoms with Gasteiger partial charge < -0.3 is 9.64 Å². The van der Waals surface area contributed by atoms with Crippen LogP contribution in [-0.4, -0.2) is 28.9 Å². The maximum Gasteiger partial charge on any atom is 0.246 e. The molecule has 0 radical (unpaired) electrons. The van der Waals surface area contributed by atoms with Gasteiger partial charge >= 0.3 is 0 Å². The summed E-state index contributed by atoms with van der Waals surface area (Å²) in [5.74, 6) is 0.919. The molecular weight excluding hydrogens is 332 g/mol. The van der Waals surface area contributed by atoms with E-state index in [1.54, 1.807) is 17.4 Å². The highest BCUT2D eigenvalue weighted by Crippen LogP contribution is 2.16. The fourth-order valence-electron chi connectivity index (χ4n) is 2.87. The molecular formula is C20H24N2O2S. The monoisotopic (exact) mass is 356 g/mol. The Morgan fingerprint density at radius 1 is 1.20 bits per heavy atom. The number of hydrogen-bond donors (Lipinski definition) is 0. The Hall–Kier alpha value is -2.14. The normalized spacial score (nSPS) is 15.3. The van der Waals surface area contributed by atoms with E-state index in [1.807, 2.05) is 47.5 Å². The molecule has 1 saturated heterocycles. The van der Waals surface area contributed by atoms with Crippen molar-refractivity contribution < 1.29 is 9.53 Å². The molecule has 5 heteroatoms. The predicted octanol–water partition coefficient (Wildman–Crippen LogP) is 4.45. The molecule has 0 aliphatic carbocycles. The Kier molecular flexibility index (Phi) is 6.23. The molecule has 0 saturated carbocycles. The Morgan fingerprint density at radius 3 is 2.56 bits per heavy atom. The van der Waals surface area contributed by atoms with Crippen molar-refractivity contribution in [1.82, 2.24) is 9.88 Å². The zero-order chi connectivity index (χ0) is 17.5. The lowest BCUT2D eigenvalue weighted by molar-refractivity contribution is -0.125. The summed E-state index contributed by atoms with van der Waals surface area (Å²) in [4.78, 5) is 18.6. The number of hydrogen-bond acceptors (Lipinski definition) is 4. The summed E-state index contributed by atoms with van der Waals surface area (Å²) in [6, 6.07) is 7.78. The Labute approximate surface area is 153 Å². The smallest absolute Gasteiger partial charge is 0.246 e. The van der Waals surface area contributed by atoms with Gasteiger partial charge in [-0.25, -0.2) is 4.98 Å². The summed E-state index contributed by atoms with van der Waals surface area (Å²) in [6.07, 6.45) is 8.25. The molecule has 1 aromatic carbocycles. The number of amides is 1. The quantitative estimate of drug-likeness (QED) is 0.744. The zero-order valence-electron chi connectivity index (χ0n) is 14.6. The van der Waals surface area contributed by atoms with Gasteiger partial charge in [0.1, 0.15) is 12.4 Å². The summed E-state index contributed by atoms with van der Waals surface area (Å²) >= 11 is 1.63. The summed E-state index contributed by atoms with van der Waals surface area (Å²) in [5.41, 5.74) is 1.95. The molecule has 2 heterocycles. The van der Waals surface area contributed by atoms with Crippen LogP contribution in [0, 0.1) is 6.92 Å². The lowest BCUT2D eigenvalue weighted by Crippen LogP contribution is -2.30. The zero-order valence-corrected chi connectivity index (χ0v) is 15.4. The number of carbonyl (C=O) groups excluding carboxylic acids is 1. The lowest BCUT2D eigenvalue weighted by atomic mass is 10.2. The molecule has 1 aliphatic heterocycles. The molecule has 0 unspecified atom stereocenters. The van der Waals surface area contributed by atoms with Crippen LogP contribution in [0.3, 0.4) is 0 Å². The van der Waals surface area contributed by atoms with Crippen molar-refractivity contribution in [2.24, 2.45) is 0 Å². The largest absolute Gasteiger partial charge is 0.487 e. The lowest BCUT2D eigenvalue weighted by Gasteiger charge is -2.17. The number of nitrogens with zero attached hydrogens (tertiary/aromatic N) is 2. The molecule has 0 spiro atoms. The molecule has 1 aromatic heterocycles. The molecule has 3 rings (SSSR count). The van der Waals surface area contributed by atoms with E-state index in [0.29, 0.717) is 6.61 Å². The molecule has 0 atom stereocenters. The van der Waals surface area contributed by atoms with Gasteiger partial charge in [0.25, 0.3) is 0 Å². The van der Waals surface area contributed by atoms with Crippen LogP contribution in [0.4, 0.5) is 0 Å². The van der Waals surface area contributed by atoms with Crippen LogP contribution < -0.4 is 4.74 Å². The van der Waals surface area contributed by atoms with E-state index in [0.717, 1.165) is 47.9 Å². The van der Waals surface area contributed by atoms with Crippen molar-refractivity contribution in [2.45, 2.75) is 39.2 Å². The summed E-state index contributed by atoms with van der Waals surface area (Å²) < 4.78 is 5.74. The molecule has 1 amide bonds. The minimum absolute atomic E-state index is 0.112. The van der Waals surface area contributed by atoms with Crippen molar-refractivity contribution >= 4 is 23.3 Å². The van der Waals surface area contributed by atoms with Crippen molar-refractivity contribution in [3.05, 3.63) is 52.0 Å². The van der Waals surface area contributed by atoms with Gasteiger partial charge in [-0.05, 0) is 43.5 Å². The van der Waals surface area contributed by atoms with Gasteiger partial charge in [-0.2, -0.15) is 0 Å². The number of rotatable bonds is 5. The number of carbonyl (C=O) groups is 1. The predicted molar refractivity (Wildman–Crippen MR) is 102 cm³/mol. The van der Waals surface area contributed by atoms with Crippen molar-refractivity contribution in [1.29, 1.82) is 0 Å². The van der Waals surface area contributed by atoms with E-state index >= 15 is 0 Å². The van der Waals surface area contributed by atoms with E-state index in [-0.39, 0.29) is 5.91 Å². The Bertz CT molecular complexity index is 714. The third kappa shape index (κ3) is 5.43. The second kappa shape index (κ2) is 8.81. The van der Waals surface area contributed by atoms with E-state index in [1.165, 1.54) is 12.8 Å². The van der Waals surface area contributed by atoms with Crippen molar-refractivity contribution in [3.8, 4) is 5.75 Å². The van der Waals surface area contributed by atoms with Crippen LogP contribution in [0.15, 0.2) is 35.7 Å². The van der Waals surface area contributed by atoms with Crippen LogP contribution in [0.5, 0.6) is 5.75 Å². The summed E-state index contributed by atoms with van der Waals surface area (Å²) in [5, 5.41) is 3.06. The second-order valence-electron chi connectivity index (χ2n) is 6.29. The van der Waals surface area contributed by atoms with E-state index in [4.69, 9.17) is 4.74 Å². The van der Waals surface area contributed by atoms with Crippen LogP contribution in [0.25, 0.3) is 6.08 Å². The van der Waals surface area contributed by atoms with Gasteiger partial charge in [-0.15, -0.1) is 11.3 Å². The highest BCUT2D eigenvalue weighted by atomic mass is 32.1. The fraction of sp³-hybridized carbons (Fsp3) is 0.400. The highest BCUT2D eigenvalue weighted by Gasteiger charge is 2.12. The van der Waals surface area contributed by atoms with Gasteiger partial charge in [0.05, 0.1) is 10.7 Å². The van der Waals surface area contributed by atoms with Gasteiger partial charge in [-0.1, -0.05) is 25.0 Å². The summed E-state index contributed by atoms with van der Waals surface area (Å²) in [7, 11) is 0. The standard InChI is InChI=1S/C20H24N2O2S/c1-16-21-18(15-25-16)14-24-19-9-6-17(7-10-19)8-11-20(23)22-12-4-2-3-5-13-22/h6-11,15H,2-5,12-14H2,1H3/b11-8+. The molecule has 25 heavy (non-hydrogen) atoms.